The zero-order chi connectivity index (χ0) is 18.7. The summed E-state index contributed by atoms with van der Waals surface area (Å²) in [5, 5.41) is 1.05. The van der Waals surface area contributed by atoms with Crippen LogP contribution in [0.25, 0.3) is 10.1 Å². The highest BCUT2D eigenvalue weighted by Gasteiger charge is 2.16. The van der Waals surface area contributed by atoms with Crippen molar-refractivity contribution in [2.45, 2.75) is 20.8 Å². The molecule has 0 aliphatic rings. The number of fused-ring (bicyclic) bond motifs is 1. The molecule has 0 unspecified atom stereocenters. The van der Waals surface area contributed by atoms with E-state index in [9.17, 15) is 9.59 Å². The summed E-state index contributed by atoms with van der Waals surface area (Å²) in [7, 11) is 0. The van der Waals surface area contributed by atoms with E-state index in [0.717, 1.165) is 26.8 Å². The summed E-state index contributed by atoms with van der Waals surface area (Å²) in [6, 6.07) is 13.6. The standard InChI is InChI=1S/C20H20N2O3S/c1-12-8-9-13(2)16(10-12)25-11-18(23)21-22-20(24)19-14(3)15-6-4-5-7-17(15)26-19/h4-10H,11H2,1-3H3,(H,21,23)(H,22,24). The first-order chi connectivity index (χ1) is 12.5. The molecule has 0 fully saturated rings. The molecule has 0 atom stereocenters. The van der Waals surface area contributed by atoms with Crippen LogP contribution in [0.15, 0.2) is 42.5 Å². The summed E-state index contributed by atoms with van der Waals surface area (Å²) < 4.78 is 6.57. The van der Waals surface area contributed by atoms with Crippen LogP contribution in [0.5, 0.6) is 5.75 Å². The van der Waals surface area contributed by atoms with E-state index >= 15 is 0 Å². The predicted molar refractivity (Wildman–Crippen MR) is 104 cm³/mol. The average molecular weight is 368 g/mol. The van der Waals surface area contributed by atoms with Gasteiger partial charge in [0.25, 0.3) is 11.8 Å². The number of rotatable bonds is 4. The highest BCUT2D eigenvalue weighted by molar-refractivity contribution is 7.21. The van der Waals surface area contributed by atoms with Crippen molar-refractivity contribution in [3.63, 3.8) is 0 Å². The summed E-state index contributed by atoms with van der Waals surface area (Å²) in [5.74, 6) is -0.0892. The van der Waals surface area contributed by atoms with Gasteiger partial charge in [-0.25, -0.2) is 0 Å². The molecule has 5 nitrogen and oxygen atoms in total. The summed E-state index contributed by atoms with van der Waals surface area (Å²) >= 11 is 1.40. The zero-order valence-corrected chi connectivity index (χ0v) is 15.7. The van der Waals surface area contributed by atoms with Crippen LogP contribution in [-0.4, -0.2) is 18.4 Å². The normalized spacial score (nSPS) is 10.6. The number of aryl methyl sites for hydroxylation is 3. The van der Waals surface area contributed by atoms with Gasteiger partial charge in [-0.2, -0.15) is 0 Å². The summed E-state index contributed by atoms with van der Waals surface area (Å²) in [6.45, 7) is 5.60. The van der Waals surface area contributed by atoms with Crippen LogP contribution in [0.2, 0.25) is 0 Å². The van der Waals surface area contributed by atoms with Gasteiger partial charge in [0.15, 0.2) is 6.61 Å². The molecule has 2 N–H and O–H groups in total. The number of hydrogen-bond donors (Lipinski definition) is 2. The lowest BCUT2D eigenvalue weighted by molar-refractivity contribution is -0.123. The lowest BCUT2D eigenvalue weighted by atomic mass is 10.1. The summed E-state index contributed by atoms with van der Waals surface area (Å²) in [6.07, 6.45) is 0. The van der Waals surface area contributed by atoms with Crippen LogP contribution < -0.4 is 15.6 Å². The topological polar surface area (TPSA) is 67.4 Å². The molecule has 6 heteroatoms. The second-order valence-electron chi connectivity index (χ2n) is 6.11. The third-order valence-corrected chi connectivity index (χ3v) is 5.34. The molecule has 26 heavy (non-hydrogen) atoms. The SMILES string of the molecule is Cc1ccc(C)c(OCC(=O)NNC(=O)c2sc3ccccc3c2C)c1. The van der Waals surface area contributed by atoms with Gasteiger partial charge in [0.1, 0.15) is 5.75 Å². The molecule has 0 radical (unpaired) electrons. The molecule has 0 saturated heterocycles. The van der Waals surface area contributed by atoms with Gasteiger partial charge >= 0.3 is 0 Å². The van der Waals surface area contributed by atoms with E-state index in [-0.39, 0.29) is 12.5 Å². The first-order valence-electron chi connectivity index (χ1n) is 8.23. The number of thiophene rings is 1. The number of carbonyl (C=O) groups excluding carboxylic acids is 2. The molecule has 1 aromatic heterocycles. The lowest BCUT2D eigenvalue weighted by Crippen LogP contribution is -2.43. The van der Waals surface area contributed by atoms with E-state index in [1.165, 1.54) is 11.3 Å². The molecule has 0 aliphatic carbocycles. The van der Waals surface area contributed by atoms with Gasteiger partial charge in [-0.1, -0.05) is 30.3 Å². The van der Waals surface area contributed by atoms with Crippen molar-refractivity contribution >= 4 is 33.2 Å². The van der Waals surface area contributed by atoms with Gasteiger partial charge in [-0.3, -0.25) is 20.4 Å². The van der Waals surface area contributed by atoms with Gasteiger partial charge in [0, 0.05) is 4.70 Å². The fourth-order valence-electron chi connectivity index (χ4n) is 2.62. The van der Waals surface area contributed by atoms with Crippen molar-refractivity contribution in [3.8, 4) is 5.75 Å². The molecule has 0 spiro atoms. The third-order valence-electron chi connectivity index (χ3n) is 4.07. The van der Waals surface area contributed by atoms with Crippen LogP contribution in [0, 0.1) is 20.8 Å². The quantitative estimate of drug-likeness (QED) is 0.691. The molecular weight excluding hydrogens is 348 g/mol. The van der Waals surface area contributed by atoms with E-state index in [0.29, 0.717) is 10.6 Å². The minimum Gasteiger partial charge on any atom is -0.483 e. The van der Waals surface area contributed by atoms with E-state index in [1.54, 1.807) is 0 Å². The Morgan fingerprint density at radius 1 is 1.04 bits per heavy atom. The van der Waals surface area contributed by atoms with Crippen molar-refractivity contribution in [2.24, 2.45) is 0 Å². The Morgan fingerprint density at radius 3 is 2.58 bits per heavy atom. The van der Waals surface area contributed by atoms with Crippen LogP contribution in [-0.2, 0) is 4.79 Å². The van der Waals surface area contributed by atoms with Gasteiger partial charge in [-0.15, -0.1) is 11.3 Å². The highest BCUT2D eigenvalue weighted by atomic mass is 32.1. The lowest BCUT2D eigenvalue weighted by Gasteiger charge is -2.11. The largest absolute Gasteiger partial charge is 0.483 e. The molecule has 2 amide bonds. The monoisotopic (exact) mass is 368 g/mol. The Labute approximate surface area is 156 Å². The minimum atomic E-state index is -0.418. The second-order valence-corrected chi connectivity index (χ2v) is 7.16. The maximum atomic E-state index is 12.4. The Kier molecular flexibility index (Phi) is 5.23. The highest BCUT2D eigenvalue weighted by Crippen LogP contribution is 2.30. The molecule has 0 aliphatic heterocycles. The molecular formula is C20H20N2O3S. The van der Waals surface area contributed by atoms with Crippen molar-refractivity contribution in [1.82, 2.24) is 10.9 Å². The number of ether oxygens (including phenoxy) is 1. The molecule has 3 rings (SSSR count). The molecule has 0 bridgehead atoms. The van der Waals surface area contributed by atoms with Crippen LogP contribution in [0.3, 0.4) is 0 Å². The number of benzene rings is 2. The number of carbonyl (C=O) groups is 2. The smallest absolute Gasteiger partial charge is 0.280 e. The van der Waals surface area contributed by atoms with Crippen molar-refractivity contribution < 1.29 is 14.3 Å². The van der Waals surface area contributed by atoms with Crippen LogP contribution >= 0.6 is 11.3 Å². The van der Waals surface area contributed by atoms with E-state index < -0.39 is 5.91 Å². The van der Waals surface area contributed by atoms with Crippen molar-refractivity contribution in [1.29, 1.82) is 0 Å². The Bertz CT molecular complexity index is 978. The molecule has 1 heterocycles. The maximum absolute atomic E-state index is 12.4. The number of hydrazine groups is 1. The maximum Gasteiger partial charge on any atom is 0.280 e. The zero-order valence-electron chi connectivity index (χ0n) is 14.9. The van der Waals surface area contributed by atoms with E-state index in [2.05, 4.69) is 10.9 Å². The fourth-order valence-corrected chi connectivity index (χ4v) is 3.72. The first-order valence-corrected chi connectivity index (χ1v) is 9.04. The van der Waals surface area contributed by atoms with Gasteiger partial charge in [-0.05, 0) is 55.0 Å². The minimum absolute atomic E-state index is 0.171. The predicted octanol–water partition coefficient (Wildman–Crippen LogP) is 3.67. The van der Waals surface area contributed by atoms with E-state index in [4.69, 9.17) is 4.74 Å². The summed E-state index contributed by atoms with van der Waals surface area (Å²) in [5.41, 5.74) is 7.77. The second kappa shape index (κ2) is 7.58. The summed E-state index contributed by atoms with van der Waals surface area (Å²) in [4.78, 5) is 24.9. The van der Waals surface area contributed by atoms with Gasteiger partial charge in [0.05, 0.1) is 4.88 Å². The Hall–Kier alpha value is -2.86. The molecule has 3 aromatic rings. The Balaban J connectivity index is 1.57. The molecule has 0 saturated carbocycles. The van der Waals surface area contributed by atoms with Gasteiger partial charge in [0.2, 0.25) is 0 Å². The first kappa shape index (κ1) is 17.9. The Morgan fingerprint density at radius 2 is 1.81 bits per heavy atom. The molecule has 134 valence electrons. The van der Waals surface area contributed by atoms with Crippen molar-refractivity contribution in [2.75, 3.05) is 6.61 Å². The van der Waals surface area contributed by atoms with Crippen LogP contribution in [0.4, 0.5) is 0 Å². The van der Waals surface area contributed by atoms with Gasteiger partial charge < -0.3 is 4.74 Å². The third kappa shape index (κ3) is 3.86. The van der Waals surface area contributed by atoms with Crippen LogP contribution in [0.1, 0.15) is 26.4 Å². The van der Waals surface area contributed by atoms with Crippen molar-refractivity contribution in [3.05, 3.63) is 64.0 Å². The number of hydrogen-bond acceptors (Lipinski definition) is 4. The van der Waals surface area contributed by atoms with E-state index in [1.807, 2.05) is 63.2 Å². The molecule has 2 aromatic carbocycles. The number of amides is 2. The fraction of sp³-hybridized carbons (Fsp3) is 0.200. The average Bonchev–Trinajstić information content (AvgIpc) is 2.97. The number of nitrogens with one attached hydrogen (secondary N) is 2.